The third-order valence-electron chi connectivity index (χ3n) is 4.57. The molecule has 27 heavy (non-hydrogen) atoms. The van der Waals surface area contributed by atoms with Crippen LogP contribution in [0.2, 0.25) is 5.02 Å². The predicted molar refractivity (Wildman–Crippen MR) is 107 cm³/mol. The van der Waals surface area contributed by atoms with Gasteiger partial charge in [0.05, 0.1) is 11.6 Å². The Labute approximate surface area is 165 Å². The molecular formula is C20H16ClN3O2S. The fourth-order valence-electron chi connectivity index (χ4n) is 3.20. The second-order valence-corrected chi connectivity index (χ2v) is 7.60. The number of thiazole rings is 1. The molecule has 1 N–H and O–H groups in total. The highest BCUT2D eigenvalue weighted by Gasteiger charge is 2.33. The van der Waals surface area contributed by atoms with Crippen molar-refractivity contribution in [3.63, 3.8) is 0 Å². The molecule has 0 bridgehead atoms. The van der Waals surface area contributed by atoms with Crippen molar-refractivity contribution < 1.29 is 9.59 Å². The summed E-state index contributed by atoms with van der Waals surface area (Å²) >= 11 is 7.57. The Morgan fingerprint density at radius 1 is 1.19 bits per heavy atom. The molecule has 5 nitrogen and oxygen atoms in total. The van der Waals surface area contributed by atoms with Crippen LogP contribution in [-0.4, -0.2) is 35.3 Å². The number of hydrogen-bond acceptors (Lipinski definition) is 4. The average molecular weight is 398 g/mol. The number of nitrogens with zero attached hydrogens (tertiary/aromatic N) is 2. The third kappa shape index (κ3) is 3.34. The van der Waals surface area contributed by atoms with Crippen molar-refractivity contribution in [2.24, 2.45) is 0 Å². The molecule has 0 radical (unpaired) electrons. The zero-order valence-corrected chi connectivity index (χ0v) is 16.1. The molecule has 0 spiro atoms. The van der Waals surface area contributed by atoms with E-state index in [1.165, 1.54) is 11.3 Å². The summed E-state index contributed by atoms with van der Waals surface area (Å²) in [4.78, 5) is 31.3. The molecule has 1 unspecified atom stereocenters. The highest BCUT2D eigenvalue weighted by atomic mass is 35.5. The van der Waals surface area contributed by atoms with E-state index in [4.69, 9.17) is 11.6 Å². The molecule has 4 rings (SSSR count). The van der Waals surface area contributed by atoms with Crippen molar-refractivity contribution in [2.45, 2.75) is 5.92 Å². The van der Waals surface area contributed by atoms with Gasteiger partial charge >= 0.3 is 0 Å². The van der Waals surface area contributed by atoms with Crippen molar-refractivity contribution in [1.29, 1.82) is 0 Å². The number of carbonyl (C=O) groups is 2. The lowest BCUT2D eigenvalue weighted by molar-refractivity contribution is -0.117. The minimum atomic E-state index is -0.434. The first kappa shape index (κ1) is 17.7. The lowest BCUT2D eigenvalue weighted by Crippen LogP contribution is -2.41. The number of aromatic nitrogens is 1. The van der Waals surface area contributed by atoms with Crippen molar-refractivity contribution in [1.82, 2.24) is 9.88 Å². The van der Waals surface area contributed by atoms with Gasteiger partial charge in [-0.2, -0.15) is 0 Å². The van der Waals surface area contributed by atoms with E-state index in [9.17, 15) is 9.59 Å². The van der Waals surface area contributed by atoms with Crippen molar-refractivity contribution >= 4 is 39.9 Å². The smallest absolute Gasteiger partial charge is 0.253 e. The molecule has 1 aliphatic rings. The van der Waals surface area contributed by atoms with Crippen LogP contribution < -0.4 is 5.32 Å². The van der Waals surface area contributed by atoms with Gasteiger partial charge in [0, 0.05) is 35.1 Å². The van der Waals surface area contributed by atoms with E-state index in [1.54, 1.807) is 24.1 Å². The standard InChI is InChI=1S/C20H16ClN3O2S/c1-24-10-15(12-6-2-3-7-13(12)19(24)26)18(25)23-20-22-17(11-27-20)14-8-4-5-9-16(14)21/h2-9,11,15H,10H2,1H3,(H,22,23,25). The molecule has 136 valence electrons. The molecular weight excluding hydrogens is 382 g/mol. The van der Waals surface area contributed by atoms with Crippen LogP contribution in [0.4, 0.5) is 5.13 Å². The van der Waals surface area contributed by atoms with Gasteiger partial charge in [-0.25, -0.2) is 4.98 Å². The Morgan fingerprint density at radius 3 is 2.67 bits per heavy atom. The van der Waals surface area contributed by atoms with Crippen LogP contribution >= 0.6 is 22.9 Å². The van der Waals surface area contributed by atoms with Crippen LogP contribution in [0.3, 0.4) is 0 Å². The van der Waals surface area contributed by atoms with Gasteiger partial charge in [-0.3, -0.25) is 9.59 Å². The zero-order chi connectivity index (χ0) is 19.0. The number of hydrogen-bond donors (Lipinski definition) is 1. The Bertz CT molecular complexity index is 1030. The Kier molecular flexibility index (Phi) is 4.68. The van der Waals surface area contributed by atoms with Crippen molar-refractivity contribution in [2.75, 3.05) is 18.9 Å². The molecule has 1 aromatic heterocycles. The quantitative estimate of drug-likeness (QED) is 0.717. The van der Waals surface area contributed by atoms with Crippen LogP contribution in [0, 0.1) is 0 Å². The van der Waals surface area contributed by atoms with Crippen molar-refractivity contribution in [3.05, 3.63) is 70.1 Å². The normalized spacial score (nSPS) is 16.1. The van der Waals surface area contributed by atoms with E-state index in [2.05, 4.69) is 10.3 Å². The number of halogens is 1. The molecule has 0 saturated carbocycles. The molecule has 2 amide bonds. The first-order valence-electron chi connectivity index (χ1n) is 8.40. The van der Waals surface area contributed by atoms with E-state index in [1.807, 2.05) is 41.8 Å². The maximum atomic E-state index is 12.9. The van der Waals surface area contributed by atoms with E-state index < -0.39 is 5.92 Å². The Morgan fingerprint density at radius 2 is 1.89 bits per heavy atom. The van der Waals surface area contributed by atoms with Gasteiger partial charge in [0.25, 0.3) is 5.91 Å². The maximum Gasteiger partial charge on any atom is 0.253 e. The molecule has 3 aromatic rings. The fourth-order valence-corrected chi connectivity index (χ4v) is 4.14. The largest absolute Gasteiger partial charge is 0.341 e. The monoisotopic (exact) mass is 397 g/mol. The topological polar surface area (TPSA) is 62.3 Å². The Balaban J connectivity index is 1.58. The molecule has 0 fully saturated rings. The second-order valence-electron chi connectivity index (χ2n) is 6.33. The van der Waals surface area contributed by atoms with Gasteiger partial charge in [-0.05, 0) is 17.7 Å². The highest BCUT2D eigenvalue weighted by molar-refractivity contribution is 7.14. The Hall–Kier alpha value is -2.70. The molecule has 1 aliphatic heterocycles. The van der Waals surface area contributed by atoms with E-state index in [-0.39, 0.29) is 11.8 Å². The van der Waals surface area contributed by atoms with Crippen LogP contribution in [0.25, 0.3) is 11.3 Å². The summed E-state index contributed by atoms with van der Waals surface area (Å²) < 4.78 is 0. The van der Waals surface area contributed by atoms with Gasteiger partial charge in [-0.15, -0.1) is 11.3 Å². The lowest BCUT2D eigenvalue weighted by Gasteiger charge is -2.30. The minimum Gasteiger partial charge on any atom is -0.341 e. The number of benzene rings is 2. The first-order chi connectivity index (χ1) is 13.0. The summed E-state index contributed by atoms with van der Waals surface area (Å²) in [6, 6.07) is 14.7. The second kappa shape index (κ2) is 7.13. The molecule has 2 aromatic carbocycles. The molecule has 2 heterocycles. The minimum absolute atomic E-state index is 0.0649. The lowest BCUT2D eigenvalue weighted by atomic mass is 9.89. The van der Waals surface area contributed by atoms with Crippen molar-refractivity contribution in [3.8, 4) is 11.3 Å². The number of fused-ring (bicyclic) bond motifs is 1. The number of likely N-dealkylation sites (N-methyl/N-ethyl adjacent to an activating group) is 1. The number of amides is 2. The third-order valence-corrected chi connectivity index (χ3v) is 5.66. The van der Waals surface area contributed by atoms with Gasteiger partial charge in [0.2, 0.25) is 5.91 Å². The average Bonchev–Trinajstić information content (AvgIpc) is 3.13. The summed E-state index contributed by atoms with van der Waals surface area (Å²) in [6.45, 7) is 0.338. The summed E-state index contributed by atoms with van der Waals surface area (Å²) in [5.41, 5.74) is 2.87. The van der Waals surface area contributed by atoms with Gasteiger partial charge in [-0.1, -0.05) is 48.0 Å². The van der Waals surface area contributed by atoms with Gasteiger partial charge in [0.15, 0.2) is 5.13 Å². The molecule has 7 heteroatoms. The fraction of sp³-hybridized carbons (Fsp3) is 0.150. The number of nitrogens with one attached hydrogen (secondary N) is 1. The van der Waals surface area contributed by atoms with Gasteiger partial charge < -0.3 is 10.2 Å². The van der Waals surface area contributed by atoms with Crippen LogP contribution in [0.15, 0.2) is 53.9 Å². The maximum absolute atomic E-state index is 12.9. The number of rotatable bonds is 3. The zero-order valence-electron chi connectivity index (χ0n) is 14.5. The van der Waals surface area contributed by atoms with E-state index in [0.29, 0.717) is 22.3 Å². The summed E-state index contributed by atoms with van der Waals surface area (Å²) in [5, 5.41) is 5.87. The van der Waals surface area contributed by atoms with Gasteiger partial charge in [0.1, 0.15) is 0 Å². The SMILES string of the molecule is CN1CC(C(=O)Nc2nc(-c3ccccc3Cl)cs2)c2ccccc2C1=O. The summed E-state index contributed by atoms with van der Waals surface area (Å²) in [7, 11) is 1.71. The number of carbonyl (C=O) groups excluding carboxylic acids is 2. The number of anilines is 1. The summed E-state index contributed by atoms with van der Waals surface area (Å²) in [5.74, 6) is -0.677. The van der Waals surface area contributed by atoms with Crippen LogP contribution in [0.5, 0.6) is 0 Å². The van der Waals surface area contributed by atoms with E-state index in [0.717, 1.165) is 16.8 Å². The van der Waals surface area contributed by atoms with Crippen LogP contribution in [-0.2, 0) is 4.79 Å². The highest BCUT2D eigenvalue weighted by Crippen LogP contribution is 2.32. The predicted octanol–water partition coefficient (Wildman–Crippen LogP) is 4.27. The molecule has 0 saturated heterocycles. The molecule has 1 atom stereocenters. The van der Waals surface area contributed by atoms with Crippen LogP contribution in [0.1, 0.15) is 21.8 Å². The summed E-state index contributed by atoms with van der Waals surface area (Å²) in [6.07, 6.45) is 0. The van der Waals surface area contributed by atoms with E-state index >= 15 is 0 Å². The molecule has 0 aliphatic carbocycles. The first-order valence-corrected chi connectivity index (χ1v) is 9.66.